The Bertz CT molecular complexity index is 678. The summed E-state index contributed by atoms with van der Waals surface area (Å²) in [6, 6.07) is 3.72. The second kappa shape index (κ2) is 6.59. The molecule has 9 heteroatoms. The van der Waals surface area contributed by atoms with Crippen molar-refractivity contribution < 1.29 is 13.9 Å². The van der Waals surface area contributed by atoms with Gasteiger partial charge in [-0.3, -0.25) is 0 Å². The summed E-state index contributed by atoms with van der Waals surface area (Å²) in [5.74, 6) is 0.533. The second-order valence-electron chi connectivity index (χ2n) is 5.33. The van der Waals surface area contributed by atoms with Crippen LogP contribution in [0.25, 0.3) is 0 Å². The van der Waals surface area contributed by atoms with Gasteiger partial charge in [0.15, 0.2) is 5.82 Å². The Balaban J connectivity index is 1.68. The van der Waals surface area contributed by atoms with Crippen LogP contribution in [0, 0.1) is 5.82 Å². The van der Waals surface area contributed by atoms with Crippen LogP contribution < -0.4 is 10.1 Å². The van der Waals surface area contributed by atoms with Crippen LogP contribution in [0.4, 0.5) is 14.9 Å². The van der Waals surface area contributed by atoms with Crippen molar-refractivity contribution in [1.29, 1.82) is 0 Å². The van der Waals surface area contributed by atoms with Gasteiger partial charge in [-0.25, -0.2) is 9.18 Å². The first-order chi connectivity index (χ1) is 11.2. The number of carbonyl (C=O) groups is 1. The van der Waals surface area contributed by atoms with Crippen LogP contribution in [0.15, 0.2) is 18.2 Å². The average Bonchev–Trinajstić information content (AvgIpc) is 3.11. The number of nitrogens with one attached hydrogen (secondary N) is 2. The largest absolute Gasteiger partial charge is 0.494 e. The van der Waals surface area contributed by atoms with E-state index in [1.807, 2.05) is 0 Å². The zero-order valence-electron chi connectivity index (χ0n) is 12.6. The van der Waals surface area contributed by atoms with E-state index >= 15 is 0 Å². The lowest BCUT2D eigenvalue weighted by Gasteiger charge is -2.31. The van der Waals surface area contributed by atoms with Crippen LogP contribution >= 0.6 is 0 Å². The SMILES string of the molecule is COc1cc(F)ccc1NC(=O)N1CCCC(c2nn[nH]n2)C1. The van der Waals surface area contributed by atoms with E-state index in [4.69, 9.17) is 4.74 Å². The van der Waals surface area contributed by atoms with E-state index in [1.54, 1.807) is 4.90 Å². The third-order valence-electron chi connectivity index (χ3n) is 3.84. The third-order valence-corrected chi connectivity index (χ3v) is 3.84. The molecule has 1 fully saturated rings. The summed E-state index contributed by atoms with van der Waals surface area (Å²) < 4.78 is 18.3. The van der Waals surface area contributed by atoms with Crippen molar-refractivity contribution in [3.05, 3.63) is 29.8 Å². The third kappa shape index (κ3) is 3.38. The smallest absolute Gasteiger partial charge is 0.321 e. The maximum Gasteiger partial charge on any atom is 0.321 e. The number of hydrogen-bond donors (Lipinski definition) is 2. The summed E-state index contributed by atoms with van der Waals surface area (Å²) in [5.41, 5.74) is 0.431. The minimum atomic E-state index is -0.421. The molecule has 0 bridgehead atoms. The molecule has 0 saturated carbocycles. The highest BCUT2D eigenvalue weighted by Crippen LogP contribution is 2.27. The minimum Gasteiger partial charge on any atom is -0.494 e. The Hall–Kier alpha value is -2.71. The molecule has 2 aromatic rings. The van der Waals surface area contributed by atoms with Crippen LogP contribution in [-0.2, 0) is 0 Å². The molecule has 1 aliphatic heterocycles. The first kappa shape index (κ1) is 15.2. The van der Waals surface area contributed by atoms with Gasteiger partial charge in [0.2, 0.25) is 0 Å². The van der Waals surface area contributed by atoms with Gasteiger partial charge in [0.25, 0.3) is 0 Å². The molecule has 2 heterocycles. The first-order valence-corrected chi connectivity index (χ1v) is 7.30. The summed E-state index contributed by atoms with van der Waals surface area (Å²) in [7, 11) is 1.43. The van der Waals surface area contributed by atoms with Crippen molar-refractivity contribution in [2.75, 3.05) is 25.5 Å². The fourth-order valence-electron chi connectivity index (χ4n) is 2.68. The molecular formula is C14H17FN6O2. The van der Waals surface area contributed by atoms with Crippen LogP contribution in [0.3, 0.4) is 0 Å². The monoisotopic (exact) mass is 320 g/mol. The summed E-state index contributed by atoms with van der Waals surface area (Å²) in [6.07, 6.45) is 1.76. The molecule has 2 amide bonds. The summed E-state index contributed by atoms with van der Waals surface area (Å²) in [4.78, 5) is 14.1. The quantitative estimate of drug-likeness (QED) is 0.898. The molecule has 8 nitrogen and oxygen atoms in total. The van der Waals surface area contributed by atoms with E-state index in [0.29, 0.717) is 24.6 Å². The number of urea groups is 1. The van der Waals surface area contributed by atoms with Gasteiger partial charge in [-0.2, -0.15) is 5.21 Å². The molecule has 1 aliphatic rings. The highest BCUT2D eigenvalue weighted by Gasteiger charge is 2.27. The second-order valence-corrected chi connectivity index (χ2v) is 5.33. The molecule has 1 unspecified atom stereocenters. The van der Waals surface area contributed by atoms with E-state index < -0.39 is 5.82 Å². The average molecular weight is 320 g/mol. The number of aromatic nitrogens is 4. The number of halogens is 1. The van der Waals surface area contributed by atoms with Crippen molar-refractivity contribution in [1.82, 2.24) is 25.5 Å². The number of piperidine rings is 1. The fourth-order valence-corrected chi connectivity index (χ4v) is 2.68. The van der Waals surface area contributed by atoms with Gasteiger partial charge in [-0.1, -0.05) is 5.21 Å². The van der Waals surface area contributed by atoms with Gasteiger partial charge in [0, 0.05) is 25.1 Å². The number of nitrogens with zero attached hydrogens (tertiary/aromatic N) is 4. The number of amides is 2. The molecule has 1 saturated heterocycles. The number of anilines is 1. The van der Waals surface area contributed by atoms with Crippen LogP contribution in [-0.4, -0.2) is 51.8 Å². The van der Waals surface area contributed by atoms with Crippen molar-refractivity contribution >= 4 is 11.7 Å². The Morgan fingerprint density at radius 1 is 1.52 bits per heavy atom. The number of H-pyrrole nitrogens is 1. The normalized spacial score (nSPS) is 17.8. The lowest BCUT2D eigenvalue weighted by atomic mass is 9.98. The van der Waals surface area contributed by atoms with E-state index in [-0.39, 0.29) is 17.7 Å². The lowest BCUT2D eigenvalue weighted by molar-refractivity contribution is 0.191. The first-order valence-electron chi connectivity index (χ1n) is 7.30. The molecule has 0 radical (unpaired) electrons. The van der Waals surface area contributed by atoms with E-state index in [0.717, 1.165) is 12.8 Å². The highest BCUT2D eigenvalue weighted by atomic mass is 19.1. The zero-order chi connectivity index (χ0) is 16.2. The Labute approximate surface area is 132 Å². The van der Waals surface area contributed by atoms with Crippen LogP contribution in [0.2, 0.25) is 0 Å². The molecule has 122 valence electrons. The molecular weight excluding hydrogens is 303 g/mol. The number of benzene rings is 1. The topological polar surface area (TPSA) is 96.0 Å². The Morgan fingerprint density at radius 3 is 3.13 bits per heavy atom. The van der Waals surface area contributed by atoms with Crippen molar-refractivity contribution in [3.63, 3.8) is 0 Å². The fraction of sp³-hybridized carbons (Fsp3) is 0.429. The predicted molar refractivity (Wildman–Crippen MR) is 79.7 cm³/mol. The van der Waals surface area contributed by atoms with Gasteiger partial charge < -0.3 is 15.0 Å². The molecule has 3 rings (SSSR count). The Kier molecular flexibility index (Phi) is 4.35. The number of aromatic amines is 1. The molecule has 2 N–H and O–H groups in total. The van der Waals surface area contributed by atoms with Gasteiger partial charge in [-0.15, -0.1) is 10.2 Å². The van der Waals surface area contributed by atoms with Crippen molar-refractivity contribution in [3.8, 4) is 5.75 Å². The van der Waals surface area contributed by atoms with E-state index in [1.165, 1.54) is 25.3 Å². The van der Waals surface area contributed by atoms with Crippen LogP contribution in [0.1, 0.15) is 24.6 Å². The molecule has 1 atom stereocenters. The number of rotatable bonds is 3. The number of hydrogen-bond acceptors (Lipinski definition) is 5. The number of tetrazole rings is 1. The summed E-state index contributed by atoms with van der Waals surface area (Å²) >= 11 is 0. The van der Waals surface area contributed by atoms with E-state index in [9.17, 15) is 9.18 Å². The highest BCUT2D eigenvalue weighted by molar-refractivity contribution is 5.91. The van der Waals surface area contributed by atoms with Gasteiger partial charge in [-0.05, 0) is 25.0 Å². The molecule has 0 spiro atoms. The van der Waals surface area contributed by atoms with Crippen molar-refractivity contribution in [2.45, 2.75) is 18.8 Å². The number of ether oxygens (including phenoxy) is 1. The molecule has 1 aromatic carbocycles. The number of likely N-dealkylation sites (tertiary alicyclic amines) is 1. The number of carbonyl (C=O) groups excluding carboxylic acids is 1. The van der Waals surface area contributed by atoms with Crippen molar-refractivity contribution in [2.24, 2.45) is 0 Å². The lowest BCUT2D eigenvalue weighted by Crippen LogP contribution is -2.41. The maximum absolute atomic E-state index is 13.2. The van der Waals surface area contributed by atoms with Gasteiger partial charge >= 0.3 is 6.03 Å². The standard InChI is InChI=1S/C14H17FN6O2/c1-23-12-7-10(15)4-5-11(12)16-14(22)21-6-2-3-9(8-21)13-17-19-20-18-13/h4-5,7,9H,2-3,6,8H2,1H3,(H,16,22)(H,17,18,19,20). The molecule has 1 aromatic heterocycles. The summed E-state index contributed by atoms with van der Waals surface area (Å²) in [6.45, 7) is 1.15. The Morgan fingerprint density at radius 2 is 2.39 bits per heavy atom. The maximum atomic E-state index is 13.2. The summed E-state index contributed by atoms with van der Waals surface area (Å²) in [5, 5.41) is 16.7. The minimum absolute atomic E-state index is 0.0587. The van der Waals surface area contributed by atoms with Gasteiger partial charge in [0.1, 0.15) is 11.6 Å². The zero-order valence-corrected chi connectivity index (χ0v) is 12.6. The number of methoxy groups -OCH3 is 1. The van der Waals surface area contributed by atoms with Crippen LogP contribution in [0.5, 0.6) is 5.75 Å². The molecule has 0 aliphatic carbocycles. The van der Waals surface area contributed by atoms with E-state index in [2.05, 4.69) is 25.9 Å². The van der Waals surface area contributed by atoms with Gasteiger partial charge in [0.05, 0.1) is 12.8 Å². The predicted octanol–water partition coefficient (Wildman–Crippen LogP) is 1.76. The molecule has 23 heavy (non-hydrogen) atoms.